The van der Waals surface area contributed by atoms with Gasteiger partial charge in [-0.05, 0) is 74.6 Å². The lowest BCUT2D eigenvalue weighted by Crippen LogP contribution is -2.18. The highest BCUT2D eigenvalue weighted by Crippen LogP contribution is 2.40. The van der Waals surface area contributed by atoms with Gasteiger partial charge in [0.2, 0.25) is 0 Å². The summed E-state index contributed by atoms with van der Waals surface area (Å²) in [5.41, 5.74) is 1.72. The molecule has 0 saturated carbocycles. The molecule has 3 aromatic carbocycles. The number of fused-ring (bicyclic) bond motifs is 1. The average Bonchev–Trinajstić information content (AvgIpc) is 3.01. The van der Waals surface area contributed by atoms with Crippen molar-refractivity contribution in [3.63, 3.8) is 0 Å². The molecule has 0 amide bonds. The summed E-state index contributed by atoms with van der Waals surface area (Å²) in [7, 11) is 0. The molecule has 7 heteroatoms. The number of carboxylic acids is 1. The van der Waals surface area contributed by atoms with Crippen molar-refractivity contribution in [2.24, 2.45) is 0 Å². The second-order valence-corrected chi connectivity index (χ2v) is 10.7. The number of unbranched alkanes of at least 4 members (excludes halogenated alkanes) is 7. The quantitative estimate of drug-likeness (QED) is 0.111. The van der Waals surface area contributed by atoms with Crippen LogP contribution < -0.4 is 14.2 Å². The van der Waals surface area contributed by atoms with Crippen LogP contribution in [0.1, 0.15) is 113 Å². The van der Waals surface area contributed by atoms with E-state index >= 15 is 0 Å². The van der Waals surface area contributed by atoms with Gasteiger partial charge in [0.1, 0.15) is 22.8 Å². The SMILES string of the molecule is CCCCCCCCCCOc1ccc(C(=O)Oc2cc(C(=O)O)c(OC(=O)c3ccccc3)c3c2CCCC3)cc1. The van der Waals surface area contributed by atoms with Gasteiger partial charge in [-0.15, -0.1) is 0 Å². The van der Waals surface area contributed by atoms with Crippen molar-refractivity contribution < 1.29 is 33.7 Å². The van der Waals surface area contributed by atoms with Crippen LogP contribution in [0, 0.1) is 0 Å². The Morgan fingerprint density at radius 3 is 1.98 bits per heavy atom. The van der Waals surface area contributed by atoms with Crippen LogP contribution in [0.5, 0.6) is 17.2 Å². The molecular formula is C35H40O7. The molecule has 4 rings (SSSR count). The van der Waals surface area contributed by atoms with Gasteiger partial charge in [-0.1, -0.05) is 70.1 Å². The summed E-state index contributed by atoms with van der Waals surface area (Å²) in [5, 5.41) is 9.97. The molecule has 0 fully saturated rings. The van der Waals surface area contributed by atoms with Gasteiger partial charge in [0.15, 0.2) is 0 Å². The minimum Gasteiger partial charge on any atom is -0.494 e. The van der Waals surface area contributed by atoms with E-state index in [1.807, 2.05) is 0 Å². The van der Waals surface area contributed by atoms with Crippen molar-refractivity contribution in [1.29, 1.82) is 0 Å². The number of aromatic carboxylic acids is 1. The van der Waals surface area contributed by atoms with Crippen LogP contribution in [0.2, 0.25) is 0 Å². The molecule has 0 aromatic heterocycles. The fourth-order valence-electron chi connectivity index (χ4n) is 5.24. The standard InChI is InChI=1S/C35H40O7/c1-2-3-4-5-6-7-8-14-23-40-27-21-19-26(20-22-27)34(38)41-31-24-30(33(36)37)32(29-18-13-12-17-28(29)31)42-35(39)25-15-10-9-11-16-25/h9-11,15-16,19-22,24H,2-8,12-14,17-18,23H2,1H3,(H,36,37). The van der Waals surface area contributed by atoms with E-state index < -0.39 is 17.9 Å². The summed E-state index contributed by atoms with van der Waals surface area (Å²) < 4.78 is 17.2. The van der Waals surface area contributed by atoms with Crippen LogP contribution in [-0.4, -0.2) is 29.6 Å². The Morgan fingerprint density at radius 1 is 0.714 bits per heavy atom. The van der Waals surface area contributed by atoms with Gasteiger partial charge in [-0.3, -0.25) is 0 Å². The van der Waals surface area contributed by atoms with Gasteiger partial charge in [0.05, 0.1) is 17.7 Å². The summed E-state index contributed by atoms with van der Waals surface area (Å²) in [6, 6.07) is 16.5. The van der Waals surface area contributed by atoms with Crippen molar-refractivity contribution in [1.82, 2.24) is 0 Å². The van der Waals surface area contributed by atoms with Crippen molar-refractivity contribution in [2.45, 2.75) is 84.0 Å². The zero-order chi connectivity index (χ0) is 29.7. The van der Waals surface area contributed by atoms with E-state index in [-0.39, 0.29) is 17.1 Å². The molecule has 0 atom stereocenters. The third-order valence-electron chi connectivity index (χ3n) is 7.55. The molecule has 0 saturated heterocycles. The van der Waals surface area contributed by atoms with E-state index in [1.165, 1.54) is 44.6 Å². The maximum absolute atomic E-state index is 13.1. The van der Waals surface area contributed by atoms with Crippen LogP contribution in [0.25, 0.3) is 0 Å². The van der Waals surface area contributed by atoms with Gasteiger partial charge in [-0.2, -0.15) is 0 Å². The third kappa shape index (κ3) is 8.44. The minimum atomic E-state index is -1.27. The van der Waals surface area contributed by atoms with Crippen molar-refractivity contribution in [2.75, 3.05) is 6.61 Å². The van der Waals surface area contributed by atoms with Crippen LogP contribution >= 0.6 is 0 Å². The largest absolute Gasteiger partial charge is 0.494 e. The molecular weight excluding hydrogens is 532 g/mol. The molecule has 222 valence electrons. The maximum atomic E-state index is 13.1. The molecule has 0 bridgehead atoms. The Morgan fingerprint density at radius 2 is 1.31 bits per heavy atom. The number of carboxylic acid groups (broad SMARTS) is 1. The molecule has 0 unspecified atom stereocenters. The fraction of sp³-hybridized carbons (Fsp3) is 0.400. The molecule has 1 aliphatic rings. The summed E-state index contributed by atoms with van der Waals surface area (Å²) in [6.45, 7) is 2.85. The Balaban J connectivity index is 1.40. The number of hydrogen-bond donors (Lipinski definition) is 1. The van der Waals surface area contributed by atoms with E-state index in [0.29, 0.717) is 47.5 Å². The first-order chi connectivity index (χ1) is 20.5. The number of ether oxygens (including phenoxy) is 3. The molecule has 1 aliphatic carbocycles. The van der Waals surface area contributed by atoms with Gasteiger partial charge >= 0.3 is 17.9 Å². The number of benzene rings is 3. The zero-order valence-corrected chi connectivity index (χ0v) is 24.4. The van der Waals surface area contributed by atoms with Crippen molar-refractivity contribution in [3.8, 4) is 17.2 Å². The van der Waals surface area contributed by atoms with Gasteiger partial charge in [0.25, 0.3) is 0 Å². The number of carbonyl (C=O) groups excluding carboxylic acids is 2. The lowest BCUT2D eigenvalue weighted by molar-refractivity contribution is 0.0668. The second-order valence-electron chi connectivity index (χ2n) is 10.7. The van der Waals surface area contributed by atoms with Crippen LogP contribution in [-0.2, 0) is 12.8 Å². The van der Waals surface area contributed by atoms with E-state index in [0.717, 1.165) is 25.7 Å². The van der Waals surface area contributed by atoms with Gasteiger partial charge in [-0.25, -0.2) is 14.4 Å². The van der Waals surface area contributed by atoms with Crippen molar-refractivity contribution >= 4 is 17.9 Å². The Bertz CT molecular complexity index is 1350. The summed E-state index contributed by atoms with van der Waals surface area (Å²) in [5.74, 6) is -1.62. The molecule has 1 N–H and O–H groups in total. The molecule has 42 heavy (non-hydrogen) atoms. The summed E-state index contributed by atoms with van der Waals surface area (Å²) >= 11 is 0. The molecule has 0 spiro atoms. The van der Waals surface area contributed by atoms with Gasteiger partial charge in [0, 0.05) is 11.1 Å². The number of carbonyl (C=O) groups is 3. The van der Waals surface area contributed by atoms with E-state index in [4.69, 9.17) is 14.2 Å². The monoisotopic (exact) mass is 572 g/mol. The first-order valence-electron chi connectivity index (χ1n) is 15.1. The van der Waals surface area contributed by atoms with Gasteiger partial charge < -0.3 is 19.3 Å². The molecule has 7 nitrogen and oxygen atoms in total. The number of hydrogen-bond acceptors (Lipinski definition) is 6. The Kier molecular flexibility index (Phi) is 11.6. The van der Waals surface area contributed by atoms with Crippen LogP contribution in [0.4, 0.5) is 0 Å². The first kappa shape index (κ1) is 30.8. The first-order valence-corrected chi connectivity index (χ1v) is 15.1. The zero-order valence-electron chi connectivity index (χ0n) is 24.4. The molecule has 0 radical (unpaired) electrons. The molecule has 0 heterocycles. The molecule has 0 aliphatic heterocycles. The Hall–Kier alpha value is -4.13. The average molecular weight is 573 g/mol. The number of rotatable bonds is 15. The fourth-order valence-corrected chi connectivity index (χ4v) is 5.24. The number of esters is 2. The highest BCUT2D eigenvalue weighted by molar-refractivity contribution is 5.97. The third-order valence-corrected chi connectivity index (χ3v) is 7.55. The second kappa shape index (κ2) is 15.8. The normalized spacial score (nSPS) is 12.3. The molecule has 3 aromatic rings. The van der Waals surface area contributed by atoms with E-state index in [9.17, 15) is 19.5 Å². The minimum absolute atomic E-state index is 0.0175. The predicted octanol–water partition coefficient (Wildman–Crippen LogP) is 8.22. The summed E-state index contributed by atoms with van der Waals surface area (Å²) in [4.78, 5) is 38.1. The highest BCUT2D eigenvalue weighted by Gasteiger charge is 2.28. The van der Waals surface area contributed by atoms with Crippen LogP contribution in [0.3, 0.4) is 0 Å². The van der Waals surface area contributed by atoms with E-state index in [1.54, 1.807) is 54.6 Å². The van der Waals surface area contributed by atoms with Crippen LogP contribution in [0.15, 0.2) is 60.7 Å². The van der Waals surface area contributed by atoms with Crippen molar-refractivity contribution in [3.05, 3.63) is 88.5 Å². The summed E-state index contributed by atoms with van der Waals surface area (Å²) in [6.07, 6.45) is 12.6. The Labute approximate surface area is 247 Å². The van der Waals surface area contributed by atoms with E-state index in [2.05, 4.69) is 6.92 Å². The highest BCUT2D eigenvalue weighted by atomic mass is 16.5. The lowest BCUT2D eigenvalue weighted by atomic mass is 9.88. The predicted molar refractivity (Wildman–Crippen MR) is 161 cm³/mol. The smallest absolute Gasteiger partial charge is 0.343 e. The topological polar surface area (TPSA) is 99.1 Å². The maximum Gasteiger partial charge on any atom is 0.343 e. The lowest BCUT2D eigenvalue weighted by Gasteiger charge is -2.23.